The van der Waals surface area contributed by atoms with E-state index in [4.69, 9.17) is 10.5 Å². The Morgan fingerprint density at radius 3 is 1.67 bits per heavy atom. The molecule has 0 amide bonds. The Labute approximate surface area is 71.8 Å². The van der Waals surface area contributed by atoms with E-state index in [1.54, 1.807) is 12.4 Å². The molecule has 0 aliphatic carbocycles. The molecule has 12 heavy (non-hydrogen) atoms. The van der Waals surface area contributed by atoms with Crippen molar-refractivity contribution >= 4 is 0 Å². The van der Waals surface area contributed by atoms with E-state index in [9.17, 15) is 0 Å². The highest BCUT2D eigenvalue weighted by molar-refractivity contribution is 5.01. The minimum absolute atomic E-state index is 0.716. The first-order valence-corrected chi connectivity index (χ1v) is 3.48. The zero-order chi connectivity index (χ0) is 9.07. The SMILES string of the molecule is N#C/C=C/NCCN/C=C/C#N. The smallest absolute Gasteiger partial charge is 0.0927 e. The molecule has 0 saturated carbocycles. The fraction of sp³-hybridized carbons (Fsp3) is 0.250. The molecule has 0 fully saturated rings. The third-order valence-corrected chi connectivity index (χ3v) is 0.965. The summed E-state index contributed by atoms with van der Waals surface area (Å²) in [5.41, 5.74) is 0. The Morgan fingerprint density at radius 1 is 0.917 bits per heavy atom. The molecule has 62 valence electrons. The number of nitriles is 2. The predicted octanol–water partition coefficient (Wildman–Crippen LogP) is 0.240. The molecule has 0 rings (SSSR count). The van der Waals surface area contributed by atoms with Crippen LogP contribution in [0.5, 0.6) is 0 Å². The highest BCUT2D eigenvalue weighted by Gasteiger charge is 1.77. The quantitative estimate of drug-likeness (QED) is 0.448. The van der Waals surface area contributed by atoms with Crippen molar-refractivity contribution in [2.45, 2.75) is 0 Å². The van der Waals surface area contributed by atoms with Crippen molar-refractivity contribution in [1.29, 1.82) is 10.5 Å². The lowest BCUT2D eigenvalue weighted by Gasteiger charge is -1.98. The van der Waals surface area contributed by atoms with Crippen LogP contribution in [0.1, 0.15) is 0 Å². The minimum atomic E-state index is 0.716. The normalized spacial score (nSPS) is 9.50. The number of hydrogen-bond acceptors (Lipinski definition) is 4. The fourth-order valence-corrected chi connectivity index (χ4v) is 0.503. The maximum absolute atomic E-state index is 8.10. The second kappa shape index (κ2) is 9.06. The molecule has 4 nitrogen and oxygen atoms in total. The summed E-state index contributed by atoms with van der Waals surface area (Å²) in [6, 6.07) is 3.72. The molecule has 0 spiro atoms. The number of hydrogen-bond donors (Lipinski definition) is 2. The molecule has 0 aromatic rings. The van der Waals surface area contributed by atoms with Crippen LogP contribution in [-0.4, -0.2) is 13.1 Å². The van der Waals surface area contributed by atoms with Crippen molar-refractivity contribution < 1.29 is 0 Å². The Kier molecular flexibility index (Phi) is 7.60. The Hall–Kier alpha value is -1.94. The summed E-state index contributed by atoms with van der Waals surface area (Å²) in [5.74, 6) is 0. The molecular formula is C8H10N4. The topological polar surface area (TPSA) is 71.6 Å². The van der Waals surface area contributed by atoms with Crippen LogP contribution in [0.15, 0.2) is 24.6 Å². The third kappa shape index (κ3) is 8.06. The standard InChI is InChI=1S/C8H10N4/c9-3-1-5-11-7-8-12-6-2-4-10/h1-2,5-6,11-12H,7-8H2/b5-1+,6-2+. The number of allylic oxidation sites excluding steroid dienone is 2. The van der Waals surface area contributed by atoms with E-state index in [1.165, 1.54) is 12.2 Å². The summed E-state index contributed by atoms with van der Waals surface area (Å²) in [6.45, 7) is 1.43. The van der Waals surface area contributed by atoms with Crippen molar-refractivity contribution in [3.63, 3.8) is 0 Å². The highest BCUT2D eigenvalue weighted by Crippen LogP contribution is 1.65. The lowest BCUT2D eigenvalue weighted by Crippen LogP contribution is -2.20. The van der Waals surface area contributed by atoms with Gasteiger partial charge in [0.1, 0.15) is 0 Å². The maximum Gasteiger partial charge on any atom is 0.0927 e. The molecule has 0 aromatic carbocycles. The summed E-state index contributed by atoms with van der Waals surface area (Å²) in [7, 11) is 0. The molecular weight excluding hydrogens is 152 g/mol. The lowest BCUT2D eigenvalue weighted by molar-refractivity contribution is 0.767. The summed E-state index contributed by atoms with van der Waals surface area (Å²) in [5, 5.41) is 22.0. The average molecular weight is 162 g/mol. The molecule has 0 saturated heterocycles. The van der Waals surface area contributed by atoms with Crippen LogP contribution in [0, 0.1) is 22.7 Å². The largest absolute Gasteiger partial charge is 0.389 e. The number of nitrogens with zero attached hydrogens (tertiary/aromatic N) is 2. The van der Waals surface area contributed by atoms with Crippen LogP contribution in [0.4, 0.5) is 0 Å². The molecule has 0 bridgehead atoms. The van der Waals surface area contributed by atoms with Gasteiger partial charge in [0.25, 0.3) is 0 Å². The van der Waals surface area contributed by atoms with Crippen LogP contribution in [-0.2, 0) is 0 Å². The van der Waals surface area contributed by atoms with E-state index in [-0.39, 0.29) is 0 Å². The minimum Gasteiger partial charge on any atom is -0.389 e. The van der Waals surface area contributed by atoms with E-state index in [1.807, 2.05) is 12.1 Å². The van der Waals surface area contributed by atoms with E-state index < -0.39 is 0 Å². The molecule has 0 aliphatic heterocycles. The van der Waals surface area contributed by atoms with Crippen molar-refractivity contribution in [3.8, 4) is 12.1 Å². The maximum atomic E-state index is 8.10. The molecule has 0 aliphatic rings. The molecule has 4 heteroatoms. The predicted molar refractivity (Wildman–Crippen MR) is 45.5 cm³/mol. The van der Waals surface area contributed by atoms with E-state index in [0.717, 1.165) is 0 Å². The first kappa shape index (κ1) is 10.1. The Balaban J connectivity index is 3.13. The molecule has 0 unspecified atom stereocenters. The van der Waals surface area contributed by atoms with Crippen molar-refractivity contribution in [1.82, 2.24) is 10.6 Å². The van der Waals surface area contributed by atoms with E-state index in [2.05, 4.69) is 10.6 Å². The van der Waals surface area contributed by atoms with Crippen LogP contribution in [0.25, 0.3) is 0 Å². The monoisotopic (exact) mass is 162 g/mol. The molecule has 0 aromatic heterocycles. The van der Waals surface area contributed by atoms with Gasteiger partial charge in [0.15, 0.2) is 0 Å². The van der Waals surface area contributed by atoms with Crippen LogP contribution in [0.2, 0.25) is 0 Å². The van der Waals surface area contributed by atoms with Gasteiger partial charge in [0.05, 0.1) is 12.1 Å². The number of rotatable bonds is 5. The van der Waals surface area contributed by atoms with E-state index in [0.29, 0.717) is 13.1 Å². The highest BCUT2D eigenvalue weighted by atomic mass is 14.9. The van der Waals surface area contributed by atoms with Gasteiger partial charge >= 0.3 is 0 Å². The molecule has 2 N–H and O–H groups in total. The number of nitrogens with one attached hydrogen (secondary N) is 2. The summed E-state index contributed by atoms with van der Waals surface area (Å²) < 4.78 is 0. The van der Waals surface area contributed by atoms with Gasteiger partial charge in [0, 0.05) is 37.6 Å². The van der Waals surface area contributed by atoms with Crippen molar-refractivity contribution in [2.24, 2.45) is 0 Å². The second-order valence-corrected chi connectivity index (χ2v) is 1.83. The van der Waals surface area contributed by atoms with Gasteiger partial charge < -0.3 is 10.6 Å². The second-order valence-electron chi connectivity index (χ2n) is 1.83. The molecule has 0 atom stereocenters. The van der Waals surface area contributed by atoms with Crippen LogP contribution < -0.4 is 10.6 Å². The summed E-state index contributed by atoms with van der Waals surface area (Å²) >= 11 is 0. The molecule has 0 radical (unpaired) electrons. The van der Waals surface area contributed by atoms with Crippen LogP contribution >= 0.6 is 0 Å². The summed E-state index contributed by atoms with van der Waals surface area (Å²) in [4.78, 5) is 0. The molecule has 0 heterocycles. The van der Waals surface area contributed by atoms with Gasteiger partial charge in [-0.1, -0.05) is 0 Å². The van der Waals surface area contributed by atoms with Gasteiger partial charge in [-0.3, -0.25) is 0 Å². The average Bonchev–Trinajstić information content (AvgIpc) is 2.10. The van der Waals surface area contributed by atoms with Crippen LogP contribution in [0.3, 0.4) is 0 Å². The van der Waals surface area contributed by atoms with Gasteiger partial charge in [0.2, 0.25) is 0 Å². The third-order valence-electron chi connectivity index (χ3n) is 0.965. The fourth-order valence-electron chi connectivity index (χ4n) is 0.503. The van der Waals surface area contributed by atoms with Gasteiger partial charge in [-0.2, -0.15) is 10.5 Å². The first-order valence-electron chi connectivity index (χ1n) is 3.48. The van der Waals surface area contributed by atoms with Gasteiger partial charge in [-0.05, 0) is 0 Å². The zero-order valence-corrected chi connectivity index (χ0v) is 6.62. The van der Waals surface area contributed by atoms with Gasteiger partial charge in [-0.25, -0.2) is 0 Å². The summed E-state index contributed by atoms with van der Waals surface area (Å²) in [6.07, 6.45) is 5.89. The van der Waals surface area contributed by atoms with E-state index >= 15 is 0 Å². The lowest BCUT2D eigenvalue weighted by atomic mass is 10.6. The van der Waals surface area contributed by atoms with Crippen molar-refractivity contribution in [3.05, 3.63) is 24.6 Å². The van der Waals surface area contributed by atoms with Gasteiger partial charge in [-0.15, -0.1) is 0 Å². The first-order chi connectivity index (χ1) is 5.91. The Bertz CT molecular complexity index is 202. The zero-order valence-electron chi connectivity index (χ0n) is 6.62. The van der Waals surface area contributed by atoms with Crippen molar-refractivity contribution in [2.75, 3.05) is 13.1 Å². The Morgan fingerprint density at radius 2 is 1.33 bits per heavy atom.